The third-order valence-corrected chi connectivity index (χ3v) is 11.2. The number of anilines is 1. The van der Waals surface area contributed by atoms with Gasteiger partial charge in [-0.15, -0.1) is 0 Å². The molecular weight excluding hydrogens is 590 g/mol. The Morgan fingerprint density at radius 2 is 2.02 bits per heavy atom. The molecule has 1 aromatic carbocycles. The molecule has 2 bridgehead atoms. The molecule has 1 saturated carbocycles. The fourth-order valence-corrected chi connectivity index (χ4v) is 8.97. The summed E-state index contributed by atoms with van der Waals surface area (Å²) in [4.78, 5) is 18.9. The predicted molar refractivity (Wildman–Crippen MR) is 161 cm³/mol. The Morgan fingerprint density at radius 1 is 1.14 bits per heavy atom. The van der Waals surface area contributed by atoms with E-state index in [0.29, 0.717) is 54.5 Å². The summed E-state index contributed by atoms with van der Waals surface area (Å²) in [5, 5.41) is 15.0. The summed E-state index contributed by atoms with van der Waals surface area (Å²) >= 11 is 6.62. The van der Waals surface area contributed by atoms with Crippen LogP contribution in [0.15, 0.2) is 12.1 Å². The van der Waals surface area contributed by atoms with Crippen molar-refractivity contribution in [3.63, 3.8) is 0 Å². The molecule has 10 rings (SSSR count). The highest BCUT2D eigenvalue weighted by Crippen LogP contribution is 2.51. The van der Waals surface area contributed by atoms with Crippen LogP contribution < -0.4 is 19.7 Å². The molecule has 1 unspecified atom stereocenters. The lowest BCUT2D eigenvalue weighted by Crippen LogP contribution is -2.65. The van der Waals surface area contributed by atoms with Gasteiger partial charge in [-0.05, 0) is 75.1 Å². The Kier molecular flexibility index (Phi) is 6.04. The summed E-state index contributed by atoms with van der Waals surface area (Å²) in [6, 6.07) is 3.37. The van der Waals surface area contributed by atoms with E-state index in [9.17, 15) is 9.50 Å². The van der Waals surface area contributed by atoms with Crippen LogP contribution >= 0.6 is 11.6 Å². The van der Waals surface area contributed by atoms with E-state index in [4.69, 9.17) is 31.0 Å². The second-order valence-corrected chi connectivity index (χ2v) is 14.2. The van der Waals surface area contributed by atoms with Gasteiger partial charge in [-0.2, -0.15) is 9.97 Å². The highest BCUT2D eigenvalue weighted by molar-refractivity contribution is 6.32. The van der Waals surface area contributed by atoms with Gasteiger partial charge in [-0.25, -0.2) is 13.8 Å². The average molecular weight is 625 g/mol. The first-order valence-electron chi connectivity index (χ1n) is 15.9. The van der Waals surface area contributed by atoms with Crippen LogP contribution in [0.4, 0.5) is 14.6 Å². The van der Waals surface area contributed by atoms with Crippen molar-refractivity contribution in [2.75, 3.05) is 44.3 Å². The van der Waals surface area contributed by atoms with Crippen LogP contribution in [0.25, 0.3) is 22.2 Å². The Bertz CT molecular complexity index is 1690. The van der Waals surface area contributed by atoms with Gasteiger partial charge in [-0.1, -0.05) is 11.6 Å². The van der Waals surface area contributed by atoms with Crippen molar-refractivity contribution in [2.45, 2.75) is 80.6 Å². The minimum atomic E-state index is -0.887. The predicted octanol–water partition coefficient (Wildman–Crippen LogP) is 5.12. The van der Waals surface area contributed by atoms with E-state index in [1.165, 1.54) is 12.1 Å². The molecule has 3 aromatic rings. The van der Waals surface area contributed by atoms with Crippen LogP contribution in [-0.2, 0) is 0 Å². The van der Waals surface area contributed by atoms with E-state index in [2.05, 4.69) is 20.1 Å². The molecule has 4 atom stereocenters. The lowest BCUT2D eigenvalue weighted by molar-refractivity contribution is 0.107. The number of fused-ring (bicyclic) bond motifs is 4. The van der Waals surface area contributed by atoms with Crippen LogP contribution in [-0.4, -0.2) is 87.6 Å². The molecule has 5 saturated heterocycles. The van der Waals surface area contributed by atoms with Crippen molar-refractivity contribution in [3.05, 3.63) is 28.5 Å². The van der Waals surface area contributed by atoms with Gasteiger partial charge in [0.1, 0.15) is 47.5 Å². The maximum Gasteiger partial charge on any atom is 0.319 e. The number of halogens is 3. The maximum atomic E-state index is 16.9. The first kappa shape index (κ1) is 27.3. The van der Waals surface area contributed by atoms with E-state index < -0.39 is 17.5 Å². The molecular formula is C32H35ClF2N6O3. The molecule has 232 valence electrons. The number of piperazine rings is 1. The standard InChI is InChI=1S/C32H35ClF2N6O3/c33-22-10-20(42)9-21(23(22)17-4-5-17)26-25(35)27-24-28(39-30(38-27)44-15-31-7-2-8-40(31)12-18(34)11-31)41-13-19-3-1-6-32(41,14-36-19)16-43-29(24)37-26/h9-10,17-19,36,42H,1-8,11-16H2/t18-,19-,31-,32?/m0/s1. The summed E-state index contributed by atoms with van der Waals surface area (Å²) in [6.07, 6.45) is 6.21. The van der Waals surface area contributed by atoms with Crippen LogP contribution in [0, 0.1) is 5.82 Å². The number of hydrogen-bond acceptors (Lipinski definition) is 9. The molecule has 1 spiro atoms. The Labute approximate surface area is 258 Å². The van der Waals surface area contributed by atoms with Crippen molar-refractivity contribution < 1.29 is 23.4 Å². The van der Waals surface area contributed by atoms with Crippen LogP contribution in [0.1, 0.15) is 62.8 Å². The molecule has 6 aliphatic heterocycles. The number of phenolic OH excluding ortho intramolecular Hbond substituents is 1. The molecule has 2 N–H and O–H groups in total. The Hall–Kier alpha value is -3.02. The molecule has 0 amide bonds. The van der Waals surface area contributed by atoms with Crippen molar-refractivity contribution in [1.82, 2.24) is 25.2 Å². The highest BCUT2D eigenvalue weighted by atomic mass is 35.5. The zero-order chi connectivity index (χ0) is 29.8. The molecule has 44 heavy (non-hydrogen) atoms. The van der Waals surface area contributed by atoms with E-state index in [1.807, 2.05) is 0 Å². The van der Waals surface area contributed by atoms with Crippen LogP contribution in [0.5, 0.6) is 17.6 Å². The van der Waals surface area contributed by atoms with Gasteiger partial charge in [-0.3, -0.25) is 4.90 Å². The number of ether oxygens (including phenoxy) is 2. The van der Waals surface area contributed by atoms with Crippen molar-refractivity contribution in [3.8, 4) is 28.9 Å². The number of alkyl halides is 1. The van der Waals surface area contributed by atoms with E-state index >= 15 is 4.39 Å². The molecule has 8 heterocycles. The summed E-state index contributed by atoms with van der Waals surface area (Å²) in [6.45, 7) is 3.28. The largest absolute Gasteiger partial charge is 0.508 e. The molecule has 7 aliphatic rings. The number of nitrogens with one attached hydrogen (secondary N) is 1. The number of aromatic nitrogens is 3. The molecule has 6 fully saturated rings. The smallest absolute Gasteiger partial charge is 0.319 e. The van der Waals surface area contributed by atoms with Gasteiger partial charge in [0.2, 0.25) is 5.88 Å². The Balaban J connectivity index is 1.23. The number of hydrogen-bond donors (Lipinski definition) is 2. The first-order valence-corrected chi connectivity index (χ1v) is 16.3. The minimum absolute atomic E-state index is 0.0384. The van der Waals surface area contributed by atoms with Gasteiger partial charge in [0, 0.05) is 42.7 Å². The first-order chi connectivity index (χ1) is 21.3. The second kappa shape index (κ2) is 9.74. The summed E-state index contributed by atoms with van der Waals surface area (Å²) < 4.78 is 44.3. The summed E-state index contributed by atoms with van der Waals surface area (Å²) in [5.41, 5.74) is 0.540. The SMILES string of the molecule is Oc1cc(Cl)c(C2CC2)c(-c2nc3c4c(nc(OC[C@@]56CCCN5C[C@@H](F)C6)nc4c2F)N2C[C@@H]4CCCC2(CN4)CO3)c1. The monoisotopic (exact) mass is 624 g/mol. The van der Waals surface area contributed by atoms with Gasteiger partial charge >= 0.3 is 6.01 Å². The lowest BCUT2D eigenvalue weighted by Gasteiger charge is -2.47. The van der Waals surface area contributed by atoms with Crippen molar-refractivity contribution in [2.24, 2.45) is 0 Å². The molecule has 1 aliphatic carbocycles. The fourth-order valence-electron chi connectivity index (χ4n) is 8.60. The third kappa shape index (κ3) is 4.11. The zero-order valence-electron chi connectivity index (χ0n) is 24.4. The van der Waals surface area contributed by atoms with Gasteiger partial charge < -0.3 is 24.8 Å². The topological polar surface area (TPSA) is 95.9 Å². The van der Waals surface area contributed by atoms with Crippen molar-refractivity contribution >= 4 is 28.3 Å². The molecule has 0 radical (unpaired) electrons. The van der Waals surface area contributed by atoms with Gasteiger partial charge in [0.05, 0.1) is 11.1 Å². The van der Waals surface area contributed by atoms with E-state index in [-0.39, 0.29) is 53.0 Å². The average Bonchev–Trinajstić information content (AvgIpc) is 3.77. The van der Waals surface area contributed by atoms with Gasteiger partial charge in [0.15, 0.2) is 5.82 Å². The number of benzene rings is 1. The van der Waals surface area contributed by atoms with Gasteiger partial charge in [0.25, 0.3) is 0 Å². The normalized spacial score (nSPS) is 31.0. The van der Waals surface area contributed by atoms with Crippen molar-refractivity contribution in [1.29, 1.82) is 0 Å². The second-order valence-electron chi connectivity index (χ2n) is 13.8. The third-order valence-electron chi connectivity index (χ3n) is 10.9. The fraction of sp³-hybridized carbons (Fsp3) is 0.594. The quantitative estimate of drug-likeness (QED) is 0.401. The zero-order valence-corrected chi connectivity index (χ0v) is 25.2. The number of aromatic hydroxyl groups is 1. The molecule has 12 heteroatoms. The van der Waals surface area contributed by atoms with Crippen LogP contribution in [0.2, 0.25) is 5.02 Å². The highest BCUT2D eigenvalue weighted by Gasteiger charge is 2.51. The molecule has 2 aromatic heterocycles. The summed E-state index contributed by atoms with van der Waals surface area (Å²) in [7, 11) is 0. The van der Waals surface area contributed by atoms with E-state index in [0.717, 1.165) is 57.1 Å². The summed E-state index contributed by atoms with van der Waals surface area (Å²) in [5.74, 6) is 0.307. The number of nitrogens with zero attached hydrogens (tertiary/aromatic N) is 5. The molecule has 9 nitrogen and oxygen atoms in total. The maximum absolute atomic E-state index is 16.9. The number of rotatable bonds is 5. The Morgan fingerprint density at radius 3 is 2.89 bits per heavy atom. The van der Waals surface area contributed by atoms with Crippen LogP contribution in [0.3, 0.4) is 0 Å². The number of phenols is 1. The lowest BCUT2D eigenvalue weighted by atomic mass is 9.92. The minimum Gasteiger partial charge on any atom is -0.508 e. The van der Waals surface area contributed by atoms with E-state index in [1.54, 1.807) is 0 Å². The number of pyridine rings is 1.